The smallest absolute Gasteiger partial charge is 0.106 e. The highest BCUT2D eigenvalue weighted by Gasteiger charge is 2.06. The molecule has 0 saturated heterocycles. The van der Waals surface area contributed by atoms with E-state index in [1.54, 1.807) is 0 Å². The maximum atomic E-state index is 5.73. The van der Waals surface area contributed by atoms with Crippen LogP contribution < -0.4 is 5.73 Å². The van der Waals surface area contributed by atoms with Gasteiger partial charge < -0.3 is 10.3 Å². The first kappa shape index (κ1) is 10.4. The van der Waals surface area contributed by atoms with Crippen molar-refractivity contribution in [3.05, 3.63) is 24.0 Å². The number of hydrogen-bond acceptors (Lipinski definition) is 3. The molecule has 80 valence electrons. The van der Waals surface area contributed by atoms with Gasteiger partial charge in [0.2, 0.25) is 0 Å². The van der Waals surface area contributed by atoms with Gasteiger partial charge in [-0.05, 0) is 31.4 Å². The molecule has 0 atom stereocenters. The van der Waals surface area contributed by atoms with E-state index in [9.17, 15) is 0 Å². The number of aromatic nitrogens is 2. The van der Waals surface area contributed by atoms with E-state index in [4.69, 9.17) is 5.73 Å². The summed E-state index contributed by atoms with van der Waals surface area (Å²) in [5.41, 5.74) is 8.68. The topological polar surface area (TPSA) is 43.8 Å². The lowest BCUT2D eigenvalue weighted by Gasteiger charge is -2.04. The van der Waals surface area contributed by atoms with E-state index in [1.165, 1.54) is 5.52 Å². The minimum Gasteiger partial charge on any atom is -0.399 e. The molecule has 0 aliphatic rings. The molecule has 2 N–H and O–H groups in total. The zero-order valence-corrected chi connectivity index (χ0v) is 9.84. The highest BCUT2D eigenvalue weighted by Crippen LogP contribution is 2.19. The first-order valence-electron chi connectivity index (χ1n) is 4.93. The zero-order valence-electron chi connectivity index (χ0n) is 9.03. The first-order chi connectivity index (χ1) is 7.22. The maximum Gasteiger partial charge on any atom is 0.106 e. The van der Waals surface area contributed by atoms with Crippen LogP contribution in [0.15, 0.2) is 18.2 Å². The number of rotatable bonds is 3. The van der Waals surface area contributed by atoms with E-state index in [0.29, 0.717) is 0 Å². The van der Waals surface area contributed by atoms with Gasteiger partial charge in [0.05, 0.1) is 11.0 Å². The molecule has 4 heteroatoms. The van der Waals surface area contributed by atoms with Gasteiger partial charge in [-0.15, -0.1) is 0 Å². The summed E-state index contributed by atoms with van der Waals surface area (Å²) < 4.78 is 2.24. The zero-order chi connectivity index (χ0) is 10.8. The Morgan fingerprint density at radius 1 is 1.47 bits per heavy atom. The molecule has 15 heavy (non-hydrogen) atoms. The van der Waals surface area contributed by atoms with Crippen LogP contribution in [0.1, 0.15) is 5.82 Å². The Balaban J connectivity index is 2.48. The van der Waals surface area contributed by atoms with Gasteiger partial charge >= 0.3 is 0 Å². The SMILES string of the molecule is CSCCn1c(C)nc2cc(N)ccc21. The van der Waals surface area contributed by atoms with Crippen molar-refractivity contribution in [2.24, 2.45) is 0 Å². The molecule has 2 rings (SSSR count). The first-order valence-corrected chi connectivity index (χ1v) is 6.33. The lowest BCUT2D eigenvalue weighted by Crippen LogP contribution is -2.02. The molecule has 3 nitrogen and oxygen atoms in total. The molecular weight excluding hydrogens is 206 g/mol. The van der Waals surface area contributed by atoms with Crippen LogP contribution in [0.3, 0.4) is 0 Å². The normalized spacial score (nSPS) is 11.1. The van der Waals surface area contributed by atoms with Gasteiger partial charge in [0.25, 0.3) is 0 Å². The monoisotopic (exact) mass is 221 g/mol. The molecule has 2 aromatic rings. The number of benzene rings is 1. The summed E-state index contributed by atoms with van der Waals surface area (Å²) in [4.78, 5) is 4.50. The predicted molar refractivity (Wildman–Crippen MR) is 67.3 cm³/mol. The Hall–Kier alpha value is -1.16. The van der Waals surface area contributed by atoms with Crippen molar-refractivity contribution in [1.29, 1.82) is 0 Å². The molecule has 0 aliphatic heterocycles. The third kappa shape index (κ3) is 1.95. The fraction of sp³-hybridized carbons (Fsp3) is 0.364. The number of aryl methyl sites for hydroxylation is 2. The minimum absolute atomic E-state index is 0.775. The van der Waals surface area contributed by atoms with Gasteiger partial charge in [-0.2, -0.15) is 11.8 Å². The van der Waals surface area contributed by atoms with Gasteiger partial charge in [-0.25, -0.2) is 4.98 Å². The molecule has 1 aromatic carbocycles. The van der Waals surface area contributed by atoms with Crippen LogP contribution in [0.4, 0.5) is 5.69 Å². The molecule has 0 fully saturated rings. The second kappa shape index (κ2) is 4.14. The largest absolute Gasteiger partial charge is 0.399 e. The summed E-state index contributed by atoms with van der Waals surface area (Å²) in [6, 6.07) is 5.90. The predicted octanol–water partition coefficient (Wildman–Crippen LogP) is 2.29. The van der Waals surface area contributed by atoms with Crippen molar-refractivity contribution in [1.82, 2.24) is 9.55 Å². The second-order valence-electron chi connectivity index (χ2n) is 3.55. The Morgan fingerprint density at radius 3 is 3.00 bits per heavy atom. The number of hydrogen-bond donors (Lipinski definition) is 1. The van der Waals surface area contributed by atoms with E-state index in [0.717, 1.165) is 29.3 Å². The van der Waals surface area contributed by atoms with Gasteiger partial charge in [0.15, 0.2) is 0 Å². The van der Waals surface area contributed by atoms with Crippen LogP contribution in [-0.4, -0.2) is 21.6 Å². The summed E-state index contributed by atoms with van der Waals surface area (Å²) in [5, 5.41) is 0. The van der Waals surface area contributed by atoms with Gasteiger partial charge in [-0.1, -0.05) is 0 Å². The average Bonchev–Trinajstić information content (AvgIpc) is 2.50. The summed E-state index contributed by atoms with van der Waals surface area (Å²) in [5.74, 6) is 2.17. The molecule has 1 aromatic heterocycles. The number of imidazole rings is 1. The quantitative estimate of drug-likeness (QED) is 0.809. The highest BCUT2D eigenvalue weighted by atomic mass is 32.2. The number of thioether (sulfide) groups is 1. The van der Waals surface area contributed by atoms with Crippen molar-refractivity contribution in [3.63, 3.8) is 0 Å². The van der Waals surface area contributed by atoms with Gasteiger partial charge in [0, 0.05) is 18.0 Å². The Morgan fingerprint density at radius 2 is 2.27 bits per heavy atom. The van der Waals surface area contributed by atoms with Crippen LogP contribution in [0, 0.1) is 6.92 Å². The van der Waals surface area contributed by atoms with E-state index < -0.39 is 0 Å². The van der Waals surface area contributed by atoms with E-state index in [-0.39, 0.29) is 0 Å². The summed E-state index contributed by atoms with van der Waals surface area (Å²) in [7, 11) is 0. The lowest BCUT2D eigenvalue weighted by atomic mass is 10.3. The van der Waals surface area contributed by atoms with Crippen molar-refractivity contribution in [2.75, 3.05) is 17.7 Å². The molecule has 0 amide bonds. The molecule has 0 aliphatic carbocycles. The van der Waals surface area contributed by atoms with Crippen molar-refractivity contribution in [3.8, 4) is 0 Å². The maximum absolute atomic E-state index is 5.73. The van der Waals surface area contributed by atoms with Crippen LogP contribution in [0.5, 0.6) is 0 Å². The van der Waals surface area contributed by atoms with E-state index in [1.807, 2.05) is 36.9 Å². The molecule has 0 radical (unpaired) electrons. The minimum atomic E-state index is 0.775. The molecule has 0 saturated carbocycles. The molecule has 0 unspecified atom stereocenters. The summed E-state index contributed by atoms with van der Waals surface area (Å²) in [6.07, 6.45) is 2.12. The van der Waals surface area contributed by atoms with E-state index >= 15 is 0 Å². The van der Waals surface area contributed by atoms with Gasteiger partial charge in [0.1, 0.15) is 5.82 Å². The summed E-state index contributed by atoms with van der Waals surface area (Å²) >= 11 is 1.85. The number of nitrogens with zero attached hydrogens (tertiary/aromatic N) is 2. The summed E-state index contributed by atoms with van der Waals surface area (Å²) in [6.45, 7) is 3.05. The molecule has 0 spiro atoms. The lowest BCUT2D eigenvalue weighted by molar-refractivity contribution is 0.762. The van der Waals surface area contributed by atoms with Crippen LogP contribution in [0.25, 0.3) is 11.0 Å². The fourth-order valence-corrected chi connectivity index (χ4v) is 2.10. The fourth-order valence-electron chi connectivity index (χ4n) is 1.73. The number of fused-ring (bicyclic) bond motifs is 1. The molecular formula is C11H15N3S. The highest BCUT2D eigenvalue weighted by molar-refractivity contribution is 7.98. The van der Waals surface area contributed by atoms with E-state index in [2.05, 4.69) is 15.8 Å². The second-order valence-corrected chi connectivity index (χ2v) is 4.54. The molecule has 1 heterocycles. The number of nitrogens with two attached hydrogens (primary N) is 1. The van der Waals surface area contributed by atoms with Crippen LogP contribution >= 0.6 is 11.8 Å². The Bertz CT molecular complexity index is 476. The molecule has 0 bridgehead atoms. The Labute approximate surface area is 93.7 Å². The number of anilines is 1. The Kier molecular flexibility index (Phi) is 2.86. The average molecular weight is 221 g/mol. The third-order valence-corrected chi connectivity index (χ3v) is 3.07. The van der Waals surface area contributed by atoms with Crippen LogP contribution in [0.2, 0.25) is 0 Å². The van der Waals surface area contributed by atoms with Crippen molar-refractivity contribution < 1.29 is 0 Å². The van der Waals surface area contributed by atoms with Gasteiger partial charge in [-0.3, -0.25) is 0 Å². The number of nitrogen functional groups attached to an aromatic ring is 1. The van der Waals surface area contributed by atoms with Crippen molar-refractivity contribution in [2.45, 2.75) is 13.5 Å². The standard InChI is InChI=1S/C11H15N3S/c1-8-13-10-7-9(12)3-4-11(10)14(8)5-6-15-2/h3-4,7H,5-6,12H2,1-2H3. The van der Waals surface area contributed by atoms with Crippen LogP contribution in [-0.2, 0) is 6.54 Å². The third-order valence-electron chi connectivity index (χ3n) is 2.48. The van der Waals surface area contributed by atoms with Crippen molar-refractivity contribution >= 4 is 28.5 Å².